The summed E-state index contributed by atoms with van der Waals surface area (Å²) in [6, 6.07) is 5.33. The molecule has 0 unspecified atom stereocenters. The van der Waals surface area contributed by atoms with Crippen molar-refractivity contribution >= 4 is 31.5 Å². The largest absolute Gasteiger partial charge is 0.367 e. The average molecular weight is 319 g/mol. The number of anilines is 1. The molecule has 0 amide bonds. The Morgan fingerprint density at radius 2 is 2.24 bits per heavy atom. The van der Waals surface area contributed by atoms with Crippen LogP contribution in [0, 0.1) is 0 Å². The molecule has 2 rings (SSSR count). The van der Waals surface area contributed by atoms with Gasteiger partial charge in [-0.05, 0) is 35.1 Å². The number of likely N-dealkylation sites (N-methyl/N-ethyl adjacent to an activating group) is 1. The number of fused-ring (bicyclic) bond motifs is 1. The minimum atomic E-state index is -3.11. The molecule has 1 aromatic rings. The van der Waals surface area contributed by atoms with E-state index in [1.165, 1.54) is 0 Å². The Bertz CT molecular complexity index is 516. The molecule has 0 bridgehead atoms. The topological polar surface area (TPSA) is 49.4 Å². The molecule has 1 aliphatic rings. The molecule has 17 heavy (non-hydrogen) atoms. The van der Waals surface area contributed by atoms with E-state index < -0.39 is 9.84 Å². The van der Waals surface area contributed by atoms with E-state index in [4.69, 9.17) is 0 Å². The van der Waals surface area contributed by atoms with Gasteiger partial charge in [-0.3, -0.25) is 0 Å². The molecule has 0 fully saturated rings. The van der Waals surface area contributed by atoms with E-state index in [-0.39, 0.29) is 5.75 Å². The van der Waals surface area contributed by atoms with Crippen molar-refractivity contribution in [3.05, 3.63) is 22.7 Å². The third-order valence-corrected chi connectivity index (χ3v) is 5.22. The molecule has 1 aliphatic heterocycles. The zero-order valence-electron chi connectivity index (χ0n) is 9.61. The van der Waals surface area contributed by atoms with Gasteiger partial charge in [-0.25, -0.2) is 8.42 Å². The number of nitrogens with zero attached hydrogens (tertiary/aromatic N) is 1. The number of sulfone groups is 1. The van der Waals surface area contributed by atoms with E-state index in [0.717, 1.165) is 23.2 Å². The maximum atomic E-state index is 12.0. The number of para-hydroxylation sites is 1. The molecule has 94 valence electrons. The predicted molar refractivity (Wildman–Crippen MR) is 72.3 cm³/mol. The van der Waals surface area contributed by atoms with Crippen LogP contribution in [-0.4, -0.2) is 40.9 Å². The number of nitrogens with one attached hydrogen (secondary N) is 1. The molecular formula is C11H15BrN2O2S. The number of rotatable bonds is 3. The summed E-state index contributed by atoms with van der Waals surface area (Å²) in [5.41, 5.74) is 0.800. The summed E-state index contributed by atoms with van der Waals surface area (Å²) in [7, 11) is -1.22. The van der Waals surface area contributed by atoms with Gasteiger partial charge in [0.25, 0.3) is 0 Å². The van der Waals surface area contributed by atoms with Crippen LogP contribution < -0.4 is 10.2 Å². The molecule has 0 aliphatic carbocycles. The monoisotopic (exact) mass is 318 g/mol. The van der Waals surface area contributed by atoms with Crippen LogP contribution in [0.25, 0.3) is 0 Å². The Morgan fingerprint density at radius 3 is 2.94 bits per heavy atom. The van der Waals surface area contributed by atoms with Crippen LogP contribution in [0.2, 0.25) is 0 Å². The summed E-state index contributed by atoms with van der Waals surface area (Å²) in [5, 5.41) is 3.08. The van der Waals surface area contributed by atoms with E-state index in [1.807, 2.05) is 13.1 Å². The van der Waals surface area contributed by atoms with E-state index in [9.17, 15) is 8.42 Å². The van der Waals surface area contributed by atoms with Crippen molar-refractivity contribution in [3.63, 3.8) is 0 Å². The minimum Gasteiger partial charge on any atom is -0.367 e. The molecule has 6 heteroatoms. The van der Waals surface area contributed by atoms with Gasteiger partial charge >= 0.3 is 0 Å². The van der Waals surface area contributed by atoms with Crippen LogP contribution in [0.3, 0.4) is 0 Å². The average Bonchev–Trinajstić information content (AvgIpc) is 2.29. The molecule has 1 heterocycles. The van der Waals surface area contributed by atoms with E-state index in [1.54, 1.807) is 12.1 Å². The predicted octanol–water partition coefficient (Wildman–Crippen LogP) is 1.26. The Labute approximate surface area is 110 Å². The smallest absolute Gasteiger partial charge is 0.182 e. The Balaban J connectivity index is 2.46. The van der Waals surface area contributed by atoms with Crippen LogP contribution in [-0.2, 0) is 9.84 Å². The van der Waals surface area contributed by atoms with Crippen LogP contribution in [0.5, 0.6) is 0 Å². The summed E-state index contributed by atoms with van der Waals surface area (Å²) in [6.45, 7) is 2.20. The molecule has 4 nitrogen and oxygen atoms in total. The molecule has 0 saturated heterocycles. The summed E-state index contributed by atoms with van der Waals surface area (Å²) < 4.78 is 24.8. The van der Waals surface area contributed by atoms with E-state index in [2.05, 4.69) is 26.1 Å². The Morgan fingerprint density at radius 1 is 1.47 bits per heavy atom. The van der Waals surface area contributed by atoms with Crippen LogP contribution >= 0.6 is 15.9 Å². The van der Waals surface area contributed by atoms with Gasteiger partial charge in [0.1, 0.15) is 0 Å². The van der Waals surface area contributed by atoms with Crippen molar-refractivity contribution in [1.29, 1.82) is 0 Å². The molecule has 0 saturated carbocycles. The molecule has 1 N–H and O–H groups in total. The summed E-state index contributed by atoms with van der Waals surface area (Å²) in [5.74, 6) is 0.195. The summed E-state index contributed by atoms with van der Waals surface area (Å²) in [6.07, 6.45) is 0. The van der Waals surface area contributed by atoms with Gasteiger partial charge in [-0.2, -0.15) is 0 Å². The number of hydrogen-bond acceptors (Lipinski definition) is 4. The van der Waals surface area contributed by atoms with E-state index >= 15 is 0 Å². The van der Waals surface area contributed by atoms with Crippen LogP contribution in [0.15, 0.2) is 27.6 Å². The lowest BCUT2D eigenvalue weighted by Gasteiger charge is -2.31. The standard InChI is InChI=1S/C11H15BrN2O2S/c1-13-5-6-14-7-8-17(15,16)10-4-2-3-9(12)11(10)14/h2-4,13H,5-8H2,1H3. The lowest BCUT2D eigenvalue weighted by molar-refractivity contribution is 0.588. The van der Waals surface area contributed by atoms with Crippen molar-refractivity contribution in [2.24, 2.45) is 0 Å². The van der Waals surface area contributed by atoms with Gasteiger partial charge in [0.05, 0.1) is 16.3 Å². The zero-order chi connectivity index (χ0) is 12.5. The highest BCUT2D eigenvalue weighted by Crippen LogP contribution is 2.36. The molecular weight excluding hydrogens is 304 g/mol. The quantitative estimate of drug-likeness (QED) is 0.911. The van der Waals surface area contributed by atoms with Gasteiger partial charge in [-0.15, -0.1) is 0 Å². The first-order valence-corrected chi connectivity index (χ1v) is 7.91. The fourth-order valence-electron chi connectivity index (χ4n) is 1.98. The van der Waals surface area contributed by atoms with Gasteiger partial charge < -0.3 is 10.2 Å². The molecule has 0 spiro atoms. The van der Waals surface area contributed by atoms with Crippen molar-refractivity contribution in [2.45, 2.75) is 4.90 Å². The first-order valence-electron chi connectivity index (χ1n) is 5.47. The van der Waals surface area contributed by atoms with Crippen molar-refractivity contribution < 1.29 is 8.42 Å². The van der Waals surface area contributed by atoms with Gasteiger partial charge in [0.15, 0.2) is 9.84 Å². The second kappa shape index (κ2) is 4.96. The first kappa shape index (κ1) is 12.9. The highest BCUT2D eigenvalue weighted by Gasteiger charge is 2.29. The first-order chi connectivity index (χ1) is 8.06. The summed E-state index contributed by atoms with van der Waals surface area (Å²) >= 11 is 3.44. The molecule has 0 atom stereocenters. The SMILES string of the molecule is CNCCN1CCS(=O)(=O)c2cccc(Br)c21. The molecule has 0 radical (unpaired) electrons. The molecule has 0 aromatic heterocycles. The third kappa shape index (κ3) is 2.48. The second-order valence-corrected chi connectivity index (χ2v) is 6.93. The van der Waals surface area contributed by atoms with Crippen LogP contribution in [0.1, 0.15) is 0 Å². The molecule has 1 aromatic carbocycles. The Kier molecular flexibility index (Phi) is 3.75. The lowest BCUT2D eigenvalue weighted by Crippen LogP contribution is -2.39. The number of hydrogen-bond donors (Lipinski definition) is 1. The normalized spacial score (nSPS) is 17.9. The van der Waals surface area contributed by atoms with Crippen molar-refractivity contribution in [2.75, 3.05) is 37.3 Å². The highest BCUT2D eigenvalue weighted by molar-refractivity contribution is 9.10. The third-order valence-electron chi connectivity index (χ3n) is 2.86. The maximum Gasteiger partial charge on any atom is 0.182 e. The summed E-state index contributed by atoms with van der Waals surface area (Å²) in [4.78, 5) is 2.55. The van der Waals surface area contributed by atoms with Crippen molar-refractivity contribution in [3.8, 4) is 0 Å². The lowest BCUT2D eigenvalue weighted by atomic mass is 10.2. The highest BCUT2D eigenvalue weighted by atomic mass is 79.9. The van der Waals surface area contributed by atoms with E-state index in [0.29, 0.717) is 11.4 Å². The zero-order valence-corrected chi connectivity index (χ0v) is 12.0. The second-order valence-electron chi connectivity index (χ2n) is 4.00. The number of halogens is 1. The number of benzene rings is 1. The van der Waals surface area contributed by atoms with Crippen molar-refractivity contribution in [1.82, 2.24) is 5.32 Å². The van der Waals surface area contributed by atoms with Gasteiger partial charge in [-0.1, -0.05) is 6.07 Å². The maximum absolute atomic E-state index is 12.0. The van der Waals surface area contributed by atoms with Gasteiger partial charge in [0, 0.05) is 24.1 Å². The van der Waals surface area contributed by atoms with Gasteiger partial charge in [0.2, 0.25) is 0 Å². The fourth-order valence-corrected chi connectivity index (χ4v) is 4.22. The Hall–Kier alpha value is -0.590. The minimum absolute atomic E-state index is 0.195. The fraction of sp³-hybridized carbons (Fsp3) is 0.455. The van der Waals surface area contributed by atoms with Crippen LogP contribution in [0.4, 0.5) is 5.69 Å².